The molecule has 0 aliphatic rings. The Bertz CT molecular complexity index is 617. The second kappa shape index (κ2) is 5.88. The number of hydrogen-bond acceptors (Lipinski definition) is 2. The van der Waals surface area contributed by atoms with E-state index in [1.807, 2.05) is 63.2 Å². The highest BCUT2D eigenvalue weighted by molar-refractivity contribution is 5.95. The summed E-state index contributed by atoms with van der Waals surface area (Å²) in [5.74, 6) is -0.197. The van der Waals surface area contributed by atoms with E-state index in [1.165, 1.54) is 5.56 Å². The summed E-state index contributed by atoms with van der Waals surface area (Å²) in [5.41, 5.74) is 11.1. The Hall–Kier alpha value is -2.13. The van der Waals surface area contributed by atoms with Gasteiger partial charge in [0.05, 0.1) is 0 Å². The number of hydrogen-bond donors (Lipinski definition) is 2. The number of anilines is 1. The molecular weight excluding hydrogens is 248 g/mol. The van der Waals surface area contributed by atoms with Crippen LogP contribution in [0.25, 0.3) is 0 Å². The van der Waals surface area contributed by atoms with Gasteiger partial charge in [-0.2, -0.15) is 0 Å². The molecule has 2 rings (SSSR count). The number of benzene rings is 2. The highest BCUT2D eigenvalue weighted by atomic mass is 16.2. The molecule has 3 heteroatoms. The van der Waals surface area contributed by atoms with E-state index in [0.717, 1.165) is 22.4 Å². The van der Waals surface area contributed by atoms with Crippen molar-refractivity contribution in [1.29, 1.82) is 0 Å². The summed E-state index contributed by atoms with van der Waals surface area (Å²) in [5, 5.41) is 2.86. The van der Waals surface area contributed by atoms with Crippen LogP contribution in [0.15, 0.2) is 42.5 Å². The molecule has 0 saturated carbocycles. The van der Waals surface area contributed by atoms with Crippen LogP contribution in [-0.2, 0) is 4.79 Å². The Morgan fingerprint density at radius 2 is 1.65 bits per heavy atom. The zero-order chi connectivity index (χ0) is 14.7. The van der Waals surface area contributed by atoms with Gasteiger partial charge in [-0.05, 0) is 49.6 Å². The van der Waals surface area contributed by atoms with Crippen LogP contribution in [0.4, 0.5) is 5.69 Å². The molecule has 0 heterocycles. The minimum Gasteiger partial charge on any atom is -0.324 e. The number of aryl methyl sites for hydroxylation is 3. The third-order valence-corrected chi connectivity index (χ3v) is 3.49. The molecule has 0 fully saturated rings. The summed E-state index contributed by atoms with van der Waals surface area (Å²) in [7, 11) is 0. The molecule has 2 aromatic rings. The first-order valence-corrected chi connectivity index (χ1v) is 6.67. The van der Waals surface area contributed by atoms with E-state index in [2.05, 4.69) is 5.32 Å². The molecule has 1 unspecified atom stereocenters. The Labute approximate surface area is 119 Å². The maximum absolute atomic E-state index is 12.2. The van der Waals surface area contributed by atoms with Crippen molar-refractivity contribution in [1.82, 2.24) is 0 Å². The number of rotatable bonds is 3. The Kier molecular flexibility index (Phi) is 4.20. The quantitative estimate of drug-likeness (QED) is 0.897. The van der Waals surface area contributed by atoms with Crippen molar-refractivity contribution in [2.24, 2.45) is 5.73 Å². The van der Waals surface area contributed by atoms with Crippen LogP contribution in [0.1, 0.15) is 28.3 Å². The average Bonchev–Trinajstić information content (AvgIpc) is 2.43. The number of carbonyl (C=O) groups excluding carboxylic acids is 1. The van der Waals surface area contributed by atoms with Gasteiger partial charge >= 0.3 is 0 Å². The second-order valence-electron chi connectivity index (χ2n) is 5.18. The van der Waals surface area contributed by atoms with Crippen LogP contribution in [0.3, 0.4) is 0 Å². The molecule has 0 aromatic heterocycles. The Balaban J connectivity index is 2.11. The van der Waals surface area contributed by atoms with Gasteiger partial charge in [-0.15, -0.1) is 0 Å². The van der Waals surface area contributed by atoms with Crippen molar-refractivity contribution >= 4 is 11.6 Å². The molecule has 1 amide bonds. The van der Waals surface area contributed by atoms with Gasteiger partial charge in [-0.25, -0.2) is 0 Å². The second-order valence-corrected chi connectivity index (χ2v) is 5.18. The first kappa shape index (κ1) is 14.3. The highest BCUT2D eigenvalue weighted by Crippen LogP contribution is 2.17. The minimum atomic E-state index is -0.655. The minimum absolute atomic E-state index is 0.197. The fourth-order valence-corrected chi connectivity index (χ4v) is 1.96. The van der Waals surface area contributed by atoms with Crippen LogP contribution in [0, 0.1) is 20.8 Å². The summed E-state index contributed by atoms with van der Waals surface area (Å²) in [6.45, 7) is 6.06. The summed E-state index contributed by atoms with van der Waals surface area (Å²) < 4.78 is 0. The zero-order valence-electron chi connectivity index (χ0n) is 12.1. The first-order valence-electron chi connectivity index (χ1n) is 6.67. The molecule has 3 N–H and O–H groups in total. The van der Waals surface area contributed by atoms with E-state index in [4.69, 9.17) is 5.73 Å². The summed E-state index contributed by atoms with van der Waals surface area (Å²) in [4.78, 5) is 12.2. The lowest BCUT2D eigenvalue weighted by Crippen LogP contribution is -2.27. The van der Waals surface area contributed by atoms with Gasteiger partial charge in [0.25, 0.3) is 0 Å². The fourth-order valence-electron chi connectivity index (χ4n) is 1.96. The topological polar surface area (TPSA) is 55.1 Å². The molecule has 0 saturated heterocycles. The summed E-state index contributed by atoms with van der Waals surface area (Å²) in [6, 6.07) is 12.9. The number of nitrogens with one attached hydrogen (secondary N) is 1. The van der Waals surface area contributed by atoms with E-state index in [0.29, 0.717) is 0 Å². The van der Waals surface area contributed by atoms with E-state index in [-0.39, 0.29) is 5.91 Å². The van der Waals surface area contributed by atoms with E-state index in [1.54, 1.807) is 0 Å². The number of amides is 1. The van der Waals surface area contributed by atoms with Crippen molar-refractivity contribution in [3.8, 4) is 0 Å². The van der Waals surface area contributed by atoms with Gasteiger partial charge in [0, 0.05) is 5.69 Å². The van der Waals surface area contributed by atoms with Gasteiger partial charge < -0.3 is 11.1 Å². The standard InChI is InChI=1S/C17H20N2O/c1-11-4-7-14(8-5-11)16(18)17(20)19-15-9-6-12(2)13(3)10-15/h4-10,16H,18H2,1-3H3,(H,19,20). The molecule has 2 aromatic carbocycles. The van der Waals surface area contributed by atoms with E-state index >= 15 is 0 Å². The van der Waals surface area contributed by atoms with Gasteiger partial charge in [-0.1, -0.05) is 35.9 Å². The van der Waals surface area contributed by atoms with Gasteiger partial charge in [0.15, 0.2) is 0 Å². The average molecular weight is 268 g/mol. The molecule has 3 nitrogen and oxygen atoms in total. The van der Waals surface area contributed by atoms with E-state index in [9.17, 15) is 4.79 Å². The maximum Gasteiger partial charge on any atom is 0.245 e. The molecule has 0 spiro atoms. The molecule has 0 radical (unpaired) electrons. The lowest BCUT2D eigenvalue weighted by Gasteiger charge is -2.13. The number of carbonyl (C=O) groups is 1. The molecule has 20 heavy (non-hydrogen) atoms. The molecule has 0 bridgehead atoms. The van der Waals surface area contributed by atoms with Crippen LogP contribution in [0.2, 0.25) is 0 Å². The maximum atomic E-state index is 12.2. The largest absolute Gasteiger partial charge is 0.324 e. The van der Waals surface area contributed by atoms with Gasteiger partial charge in [-0.3, -0.25) is 4.79 Å². The number of nitrogens with two attached hydrogens (primary N) is 1. The summed E-state index contributed by atoms with van der Waals surface area (Å²) >= 11 is 0. The SMILES string of the molecule is Cc1ccc(C(N)C(=O)Nc2ccc(C)c(C)c2)cc1. The fraction of sp³-hybridized carbons (Fsp3) is 0.235. The van der Waals surface area contributed by atoms with Crippen LogP contribution in [0.5, 0.6) is 0 Å². The summed E-state index contributed by atoms with van der Waals surface area (Å²) in [6.07, 6.45) is 0. The van der Waals surface area contributed by atoms with Gasteiger partial charge in [0.2, 0.25) is 5.91 Å². The van der Waals surface area contributed by atoms with Crippen LogP contribution >= 0.6 is 0 Å². The van der Waals surface area contributed by atoms with Crippen LogP contribution < -0.4 is 11.1 Å². The van der Waals surface area contributed by atoms with E-state index < -0.39 is 6.04 Å². The van der Waals surface area contributed by atoms with Crippen molar-refractivity contribution < 1.29 is 4.79 Å². The van der Waals surface area contributed by atoms with Crippen molar-refractivity contribution in [2.45, 2.75) is 26.8 Å². The predicted molar refractivity (Wildman–Crippen MR) is 82.7 cm³/mol. The predicted octanol–water partition coefficient (Wildman–Crippen LogP) is 3.25. The molecule has 104 valence electrons. The zero-order valence-corrected chi connectivity index (χ0v) is 12.1. The molecule has 1 atom stereocenters. The first-order chi connectivity index (χ1) is 9.47. The van der Waals surface area contributed by atoms with Gasteiger partial charge in [0.1, 0.15) is 6.04 Å². The lowest BCUT2D eigenvalue weighted by atomic mass is 10.0. The highest BCUT2D eigenvalue weighted by Gasteiger charge is 2.15. The molecule has 0 aliphatic heterocycles. The van der Waals surface area contributed by atoms with Crippen molar-refractivity contribution in [3.63, 3.8) is 0 Å². The lowest BCUT2D eigenvalue weighted by molar-refractivity contribution is -0.117. The normalized spacial score (nSPS) is 12.0. The monoisotopic (exact) mass is 268 g/mol. The smallest absolute Gasteiger partial charge is 0.245 e. The third kappa shape index (κ3) is 3.25. The van der Waals surface area contributed by atoms with Crippen molar-refractivity contribution in [3.05, 3.63) is 64.7 Å². The molecular formula is C17H20N2O. The molecule has 0 aliphatic carbocycles. The Morgan fingerprint density at radius 3 is 2.25 bits per heavy atom. The van der Waals surface area contributed by atoms with Crippen LogP contribution in [-0.4, -0.2) is 5.91 Å². The Morgan fingerprint density at radius 1 is 1.00 bits per heavy atom. The van der Waals surface area contributed by atoms with Crippen molar-refractivity contribution in [2.75, 3.05) is 5.32 Å². The third-order valence-electron chi connectivity index (χ3n) is 3.49.